The molecular weight excluding hydrogens is 394 g/mol. The average molecular weight is 416 g/mol. The van der Waals surface area contributed by atoms with Crippen LogP contribution in [0.4, 0.5) is 0 Å². The molecule has 0 amide bonds. The molecule has 0 spiro atoms. The number of hydrogen-bond acceptors (Lipinski definition) is 6. The first-order chi connectivity index (χ1) is 12.2. The highest BCUT2D eigenvalue weighted by molar-refractivity contribution is 7.91. The molecule has 0 radical (unpaired) electrons. The second-order valence-electron chi connectivity index (χ2n) is 7.01. The largest absolute Gasteiger partial charge is 0.280 e. The maximum absolute atomic E-state index is 11.9. The van der Waals surface area contributed by atoms with Gasteiger partial charge in [-0.25, -0.2) is 13.1 Å². The molecule has 0 N–H and O–H groups in total. The third-order valence-electron chi connectivity index (χ3n) is 4.35. The summed E-state index contributed by atoms with van der Waals surface area (Å²) in [6.45, 7) is 5.42. The van der Waals surface area contributed by atoms with Gasteiger partial charge >= 0.3 is 0 Å². The van der Waals surface area contributed by atoms with Crippen LogP contribution in [0.25, 0.3) is 5.69 Å². The summed E-state index contributed by atoms with van der Waals surface area (Å²) < 4.78 is 27.4. The fraction of sp³-hybridized carbons (Fsp3) is 0.562. The second-order valence-corrected chi connectivity index (χ2v) is 10.0. The zero-order valence-corrected chi connectivity index (χ0v) is 17.1. The van der Waals surface area contributed by atoms with Gasteiger partial charge in [0.25, 0.3) is 0 Å². The van der Waals surface area contributed by atoms with Crippen LogP contribution in [0.1, 0.15) is 20.3 Å². The van der Waals surface area contributed by atoms with Gasteiger partial charge in [0.15, 0.2) is 9.84 Å². The van der Waals surface area contributed by atoms with Crippen LogP contribution in [0.5, 0.6) is 0 Å². The number of sulfone groups is 1. The van der Waals surface area contributed by atoms with E-state index in [2.05, 4.69) is 29.2 Å². The molecule has 2 aromatic rings. The normalized spacial score (nSPS) is 19.5. The quantitative estimate of drug-likeness (QED) is 0.675. The summed E-state index contributed by atoms with van der Waals surface area (Å²) in [4.78, 5) is 2.14. The Balaban J connectivity index is 1.83. The fourth-order valence-corrected chi connectivity index (χ4v) is 5.26. The predicted octanol–water partition coefficient (Wildman–Crippen LogP) is 2.55. The van der Waals surface area contributed by atoms with E-state index in [1.165, 1.54) is 0 Å². The van der Waals surface area contributed by atoms with Crippen LogP contribution in [0, 0.1) is 10.7 Å². The highest BCUT2D eigenvalue weighted by Gasteiger charge is 2.32. The Bertz CT molecular complexity index is 921. The van der Waals surface area contributed by atoms with Crippen molar-refractivity contribution in [2.75, 3.05) is 18.1 Å². The molecule has 1 aliphatic heterocycles. The Hall–Kier alpha value is -1.29. The zero-order chi connectivity index (χ0) is 18.9. The Labute approximate surface area is 163 Å². The van der Waals surface area contributed by atoms with Crippen LogP contribution in [0.15, 0.2) is 24.3 Å². The monoisotopic (exact) mass is 415 g/mol. The molecule has 1 aliphatic rings. The van der Waals surface area contributed by atoms with Gasteiger partial charge in [-0.15, -0.1) is 0 Å². The Morgan fingerprint density at radius 2 is 2.00 bits per heavy atom. The highest BCUT2D eigenvalue weighted by atomic mass is 35.5. The molecule has 10 heteroatoms. The number of benzene rings is 1. The zero-order valence-electron chi connectivity index (χ0n) is 14.7. The van der Waals surface area contributed by atoms with Crippen molar-refractivity contribution in [2.45, 2.75) is 33.0 Å². The number of aromatic nitrogens is 4. The van der Waals surface area contributed by atoms with Crippen molar-refractivity contribution in [2.24, 2.45) is 5.92 Å². The number of nitrogens with zero attached hydrogens (tertiary/aromatic N) is 5. The van der Waals surface area contributed by atoms with Crippen LogP contribution in [-0.4, -0.2) is 57.2 Å². The van der Waals surface area contributed by atoms with E-state index in [9.17, 15) is 8.42 Å². The molecular formula is C16H22ClN5O2S2. The number of rotatable bonds is 6. The standard InChI is InChI=1S/C16H22ClN5O2S2/c1-12(2)9-20(15-7-8-26(23,24)10-15)11-21-16(25)22(19-18-21)14-5-3-13(17)4-6-14/h3-6,12,15H,7-11H2,1-2H3. The molecule has 142 valence electrons. The van der Waals surface area contributed by atoms with Gasteiger partial charge in [-0.05, 0) is 59.2 Å². The Kier molecular flexibility index (Phi) is 5.81. The van der Waals surface area contributed by atoms with Crippen LogP contribution in [-0.2, 0) is 16.5 Å². The van der Waals surface area contributed by atoms with Gasteiger partial charge in [0.05, 0.1) is 23.9 Å². The molecule has 1 aromatic carbocycles. The van der Waals surface area contributed by atoms with Crippen molar-refractivity contribution in [3.63, 3.8) is 0 Å². The van der Waals surface area contributed by atoms with E-state index < -0.39 is 9.84 Å². The minimum Gasteiger partial charge on any atom is -0.280 e. The van der Waals surface area contributed by atoms with Crippen LogP contribution >= 0.6 is 23.8 Å². The Morgan fingerprint density at radius 3 is 2.58 bits per heavy atom. The average Bonchev–Trinajstić information content (AvgIpc) is 3.10. The molecule has 1 atom stereocenters. The first kappa shape index (κ1) is 19.5. The lowest BCUT2D eigenvalue weighted by Gasteiger charge is -2.29. The van der Waals surface area contributed by atoms with Crippen molar-refractivity contribution in [3.05, 3.63) is 34.1 Å². The molecule has 0 bridgehead atoms. The summed E-state index contributed by atoms with van der Waals surface area (Å²) in [7, 11) is -2.95. The summed E-state index contributed by atoms with van der Waals surface area (Å²) in [5.41, 5.74) is 0.782. The van der Waals surface area contributed by atoms with Gasteiger partial charge in [-0.2, -0.15) is 4.68 Å². The minimum absolute atomic E-state index is 0.00928. The van der Waals surface area contributed by atoms with Gasteiger partial charge in [-0.1, -0.05) is 25.4 Å². The lowest BCUT2D eigenvalue weighted by Crippen LogP contribution is -2.40. The highest BCUT2D eigenvalue weighted by Crippen LogP contribution is 2.20. The van der Waals surface area contributed by atoms with Gasteiger partial charge < -0.3 is 0 Å². The van der Waals surface area contributed by atoms with E-state index in [0.717, 1.165) is 12.2 Å². The van der Waals surface area contributed by atoms with Crippen molar-refractivity contribution in [3.8, 4) is 5.69 Å². The van der Waals surface area contributed by atoms with Crippen molar-refractivity contribution >= 4 is 33.7 Å². The number of hydrogen-bond donors (Lipinski definition) is 0. The lowest BCUT2D eigenvalue weighted by atomic mass is 10.1. The molecule has 1 fully saturated rings. The van der Waals surface area contributed by atoms with E-state index in [1.54, 1.807) is 21.5 Å². The van der Waals surface area contributed by atoms with Gasteiger partial charge in [0, 0.05) is 17.6 Å². The molecule has 2 heterocycles. The summed E-state index contributed by atoms with van der Waals surface area (Å²) in [5.74, 6) is 0.840. The predicted molar refractivity (Wildman–Crippen MR) is 104 cm³/mol. The number of halogens is 1. The molecule has 7 nitrogen and oxygen atoms in total. The first-order valence-corrected chi connectivity index (χ1v) is 11.1. The smallest absolute Gasteiger partial charge is 0.221 e. The molecule has 1 unspecified atom stereocenters. The maximum Gasteiger partial charge on any atom is 0.221 e. The first-order valence-electron chi connectivity index (χ1n) is 8.48. The molecule has 0 aliphatic carbocycles. The lowest BCUT2D eigenvalue weighted by molar-refractivity contribution is 0.136. The molecule has 26 heavy (non-hydrogen) atoms. The van der Waals surface area contributed by atoms with E-state index >= 15 is 0 Å². The van der Waals surface area contributed by atoms with Crippen molar-refractivity contribution < 1.29 is 8.42 Å². The molecule has 1 saturated heterocycles. The Morgan fingerprint density at radius 1 is 1.31 bits per heavy atom. The molecule has 0 saturated carbocycles. The third-order valence-corrected chi connectivity index (χ3v) is 6.74. The molecule has 1 aromatic heterocycles. The number of tetrazole rings is 1. The van der Waals surface area contributed by atoms with Crippen LogP contribution in [0.3, 0.4) is 0 Å². The summed E-state index contributed by atoms with van der Waals surface area (Å²) >= 11 is 11.4. The maximum atomic E-state index is 11.9. The van der Waals surface area contributed by atoms with E-state index in [1.807, 2.05) is 12.1 Å². The topological polar surface area (TPSA) is 73.0 Å². The van der Waals surface area contributed by atoms with Crippen LogP contribution in [0.2, 0.25) is 5.02 Å². The van der Waals surface area contributed by atoms with Gasteiger partial charge in [-0.3, -0.25) is 4.90 Å². The van der Waals surface area contributed by atoms with Gasteiger partial charge in [0.1, 0.15) is 0 Å². The van der Waals surface area contributed by atoms with Crippen molar-refractivity contribution in [1.82, 2.24) is 24.7 Å². The van der Waals surface area contributed by atoms with Crippen LogP contribution < -0.4 is 0 Å². The minimum atomic E-state index is -2.95. The van der Waals surface area contributed by atoms with E-state index in [4.69, 9.17) is 23.8 Å². The second kappa shape index (κ2) is 7.75. The SMILES string of the molecule is CC(C)CN(Cn1nnn(-c2ccc(Cl)cc2)c1=S)C1CCS(=O)(=O)C1. The van der Waals surface area contributed by atoms with E-state index in [-0.39, 0.29) is 17.5 Å². The van der Waals surface area contributed by atoms with Gasteiger partial charge in [0.2, 0.25) is 4.77 Å². The summed E-state index contributed by atoms with van der Waals surface area (Å²) in [6.07, 6.45) is 0.647. The molecule has 3 rings (SSSR count). The summed E-state index contributed by atoms with van der Waals surface area (Å²) in [6, 6.07) is 7.18. The van der Waals surface area contributed by atoms with Crippen molar-refractivity contribution in [1.29, 1.82) is 0 Å². The third kappa shape index (κ3) is 4.51. The van der Waals surface area contributed by atoms with E-state index in [0.29, 0.717) is 28.8 Å². The summed E-state index contributed by atoms with van der Waals surface area (Å²) in [5, 5.41) is 8.95. The fourth-order valence-electron chi connectivity index (χ4n) is 3.13.